The number of hydrogen-bond acceptors (Lipinski definition) is 3. The van der Waals surface area contributed by atoms with Gasteiger partial charge in [0.25, 0.3) is 0 Å². The predicted molar refractivity (Wildman–Crippen MR) is 89.3 cm³/mol. The molecule has 0 aliphatic carbocycles. The third-order valence-corrected chi connectivity index (χ3v) is 4.47. The van der Waals surface area contributed by atoms with Gasteiger partial charge in [0, 0.05) is 29.9 Å². The first-order valence-electron chi connectivity index (χ1n) is 6.37. The minimum absolute atomic E-state index is 0.987. The first kappa shape index (κ1) is 14.3. The van der Waals surface area contributed by atoms with Gasteiger partial charge in [-0.05, 0) is 66.2 Å². The zero-order chi connectivity index (χ0) is 13.7. The molecule has 1 heterocycles. The standard InChI is InChI=1S/C15H17BrN2S/c1-3-18(4-2)13-7-5-12(6-8-13)17-11-14-9-10-15(16)19-14/h5-11H,3-4H2,1-2H3. The van der Waals surface area contributed by atoms with Crippen LogP contribution in [0.25, 0.3) is 0 Å². The molecule has 0 aliphatic rings. The summed E-state index contributed by atoms with van der Waals surface area (Å²) >= 11 is 5.13. The normalized spacial score (nSPS) is 11.1. The number of nitrogens with zero attached hydrogens (tertiary/aromatic N) is 2. The van der Waals surface area contributed by atoms with Crippen molar-refractivity contribution in [3.8, 4) is 0 Å². The summed E-state index contributed by atoms with van der Waals surface area (Å²) in [6.45, 7) is 6.40. The number of aliphatic imine (C=N–C) groups is 1. The average Bonchev–Trinajstić information content (AvgIpc) is 2.85. The van der Waals surface area contributed by atoms with Crippen molar-refractivity contribution in [1.82, 2.24) is 0 Å². The van der Waals surface area contributed by atoms with E-state index in [-0.39, 0.29) is 0 Å². The van der Waals surface area contributed by atoms with Crippen molar-refractivity contribution < 1.29 is 0 Å². The van der Waals surface area contributed by atoms with Gasteiger partial charge in [0.15, 0.2) is 0 Å². The summed E-state index contributed by atoms with van der Waals surface area (Å²) in [4.78, 5) is 7.96. The van der Waals surface area contributed by atoms with Gasteiger partial charge in [-0.1, -0.05) is 0 Å². The highest BCUT2D eigenvalue weighted by Gasteiger charge is 2.00. The van der Waals surface area contributed by atoms with Crippen molar-refractivity contribution in [1.29, 1.82) is 0 Å². The summed E-state index contributed by atoms with van der Waals surface area (Å²) in [6, 6.07) is 12.5. The molecular weight excluding hydrogens is 320 g/mol. The molecule has 0 aliphatic heterocycles. The van der Waals surface area contributed by atoms with Crippen LogP contribution in [-0.4, -0.2) is 19.3 Å². The van der Waals surface area contributed by atoms with Crippen LogP contribution < -0.4 is 4.90 Å². The third-order valence-electron chi connectivity index (χ3n) is 2.91. The van der Waals surface area contributed by atoms with E-state index in [0.717, 1.165) is 27.4 Å². The SMILES string of the molecule is CCN(CC)c1ccc(N=Cc2ccc(Br)s2)cc1. The molecule has 1 aromatic carbocycles. The maximum atomic E-state index is 4.49. The van der Waals surface area contributed by atoms with Gasteiger partial charge in [0.1, 0.15) is 0 Å². The van der Waals surface area contributed by atoms with Crippen LogP contribution in [0.5, 0.6) is 0 Å². The fourth-order valence-corrected chi connectivity index (χ4v) is 3.17. The lowest BCUT2D eigenvalue weighted by molar-refractivity contribution is 0.866. The number of anilines is 1. The maximum Gasteiger partial charge on any atom is 0.0705 e. The Morgan fingerprint density at radius 3 is 2.32 bits per heavy atom. The van der Waals surface area contributed by atoms with Crippen molar-refractivity contribution in [2.24, 2.45) is 4.99 Å². The summed E-state index contributed by atoms with van der Waals surface area (Å²) in [5, 5.41) is 0. The molecule has 2 rings (SSSR count). The van der Waals surface area contributed by atoms with Gasteiger partial charge in [-0.25, -0.2) is 0 Å². The zero-order valence-electron chi connectivity index (χ0n) is 11.1. The second kappa shape index (κ2) is 6.87. The maximum absolute atomic E-state index is 4.49. The van der Waals surface area contributed by atoms with E-state index in [4.69, 9.17) is 0 Å². The Bertz CT molecular complexity index is 542. The Hall–Kier alpha value is -1.13. The molecule has 0 amide bonds. The molecule has 0 radical (unpaired) electrons. The molecule has 0 atom stereocenters. The van der Waals surface area contributed by atoms with Crippen LogP contribution in [0.1, 0.15) is 18.7 Å². The second-order valence-corrected chi connectivity index (χ2v) is 6.58. The summed E-state index contributed by atoms with van der Waals surface area (Å²) in [5.41, 5.74) is 2.24. The average molecular weight is 337 g/mol. The van der Waals surface area contributed by atoms with Crippen molar-refractivity contribution in [3.05, 3.63) is 45.1 Å². The van der Waals surface area contributed by atoms with Crippen LogP contribution >= 0.6 is 27.3 Å². The Labute approximate surface area is 126 Å². The summed E-state index contributed by atoms with van der Waals surface area (Å²) in [6.07, 6.45) is 1.90. The summed E-state index contributed by atoms with van der Waals surface area (Å²) in [5.74, 6) is 0. The number of rotatable bonds is 5. The molecule has 0 bridgehead atoms. The molecular formula is C15H17BrN2S. The molecule has 2 aromatic rings. The van der Waals surface area contributed by atoms with Crippen LogP contribution in [0.3, 0.4) is 0 Å². The summed E-state index contributed by atoms with van der Waals surface area (Å²) in [7, 11) is 0. The largest absolute Gasteiger partial charge is 0.372 e. The van der Waals surface area contributed by atoms with Gasteiger partial charge in [-0.2, -0.15) is 0 Å². The van der Waals surface area contributed by atoms with E-state index < -0.39 is 0 Å². The monoisotopic (exact) mass is 336 g/mol. The fourth-order valence-electron chi connectivity index (χ4n) is 1.87. The fraction of sp³-hybridized carbons (Fsp3) is 0.267. The van der Waals surface area contributed by atoms with Gasteiger partial charge in [-0.15, -0.1) is 11.3 Å². The van der Waals surface area contributed by atoms with E-state index in [1.807, 2.05) is 12.3 Å². The molecule has 0 saturated heterocycles. The third kappa shape index (κ3) is 3.91. The van der Waals surface area contributed by atoms with Crippen molar-refractivity contribution >= 4 is 44.9 Å². The quantitative estimate of drug-likeness (QED) is 0.693. The molecule has 0 unspecified atom stereocenters. The Morgan fingerprint density at radius 1 is 1.11 bits per heavy atom. The van der Waals surface area contributed by atoms with E-state index in [1.54, 1.807) is 11.3 Å². The molecule has 0 N–H and O–H groups in total. The van der Waals surface area contributed by atoms with Crippen LogP contribution in [-0.2, 0) is 0 Å². The van der Waals surface area contributed by atoms with E-state index in [9.17, 15) is 0 Å². The van der Waals surface area contributed by atoms with E-state index in [2.05, 4.69) is 70.0 Å². The minimum Gasteiger partial charge on any atom is -0.372 e. The Kier molecular flexibility index (Phi) is 5.16. The number of halogens is 1. The number of benzene rings is 1. The van der Waals surface area contributed by atoms with Gasteiger partial charge < -0.3 is 4.90 Å². The van der Waals surface area contributed by atoms with E-state index >= 15 is 0 Å². The van der Waals surface area contributed by atoms with Crippen molar-refractivity contribution in [3.63, 3.8) is 0 Å². The smallest absolute Gasteiger partial charge is 0.0705 e. The second-order valence-electron chi connectivity index (χ2n) is 4.09. The first-order chi connectivity index (χ1) is 9.22. The van der Waals surface area contributed by atoms with Crippen LogP contribution in [0, 0.1) is 0 Å². The van der Waals surface area contributed by atoms with Crippen molar-refractivity contribution in [2.75, 3.05) is 18.0 Å². The highest BCUT2D eigenvalue weighted by Crippen LogP contribution is 2.22. The van der Waals surface area contributed by atoms with Gasteiger partial charge in [-0.3, -0.25) is 4.99 Å². The number of hydrogen-bond donors (Lipinski definition) is 0. The highest BCUT2D eigenvalue weighted by atomic mass is 79.9. The predicted octanol–water partition coefficient (Wildman–Crippen LogP) is 5.11. The van der Waals surface area contributed by atoms with Crippen LogP contribution in [0.4, 0.5) is 11.4 Å². The molecule has 0 fully saturated rings. The van der Waals surface area contributed by atoms with Gasteiger partial charge in [0.05, 0.1) is 9.47 Å². The Balaban J connectivity index is 2.08. The van der Waals surface area contributed by atoms with Gasteiger partial charge in [0.2, 0.25) is 0 Å². The molecule has 100 valence electrons. The molecule has 0 spiro atoms. The molecule has 1 aromatic heterocycles. The lowest BCUT2D eigenvalue weighted by atomic mass is 10.2. The Morgan fingerprint density at radius 2 is 1.79 bits per heavy atom. The molecule has 0 saturated carbocycles. The van der Waals surface area contributed by atoms with Crippen LogP contribution in [0.2, 0.25) is 0 Å². The topological polar surface area (TPSA) is 15.6 Å². The van der Waals surface area contributed by atoms with Crippen molar-refractivity contribution in [2.45, 2.75) is 13.8 Å². The zero-order valence-corrected chi connectivity index (χ0v) is 13.5. The number of thiophene rings is 1. The lowest BCUT2D eigenvalue weighted by Gasteiger charge is -2.20. The minimum atomic E-state index is 0.987. The van der Waals surface area contributed by atoms with E-state index in [0.29, 0.717) is 0 Å². The first-order valence-corrected chi connectivity index (χ1v) is 7.98. The summed E-state index contributed by atoms with van der Waals surface area (Å²) < 4.78 is 1.13. The highest BCUT2D eigenvalue weighted by molar-refractivity contribution is 9.11. The van der Waals surface area contributed by atoms with Crippen LogP contribution in [0.15, 0.2) is 45.2 Å². The molecule has 2 nitrogen and oxygen atoms in total. The van der Waals surface area contributed by atoms with E-state index in [1.165, 1.54) is 5.69 Å². The lowest BCUT2D eigenvalue weighted by Crippen LogP contribution is -2.21. The molecule has 4 heteroatoms. The van der Waals surface area contributed by atoms with Gasteiger partial charge >= 0.3 is 0 Å². The molecule has 19 heavy (non-hydrogen) atoms.